The molecule has 0 bridgehead atoms. The van der Waals surface area contributed by atoms with Crippen LogP contribution in [-0.4, -0.2) is 12.4 Å². The Labute approximate surface area is 119 Å². The monoisotopic (exact) mass is 291 g/mol. The second kappa shape index (κ2) is 7.32. The Balaban J connectivity index is 2.44. The standard InChI is InChI=1S/C14H20Cl2FN/c1-14(2,7-4-8-15)10-18-9-11-5-3-6-12(17)13(11)16/h3,5-6,18H,4,7-10H2,1-2H3. The van der Waals surface area contributed by atoms with Gasteiger partial charge in [-0.05, 0) is 29.9 Å². The summed E-state index contributed by atoms with van der Waals surface area (Å²) >= 11 is 11.6. The van der Waals surface area contributed by atoms with Crippen molar-refractivity contribution in [1.82, 2.24) is 5.32 Å². The molecule has 1 N–H and O–H groups in total. The molecule has 0 amide bonds. The summed E-state index contributed by atoms with van der Waals surface area (Å²) in [6, 6.07) is 4.89. The van der Waals surface area contributed by atoms with E-state index in [9.17, 15) is 4.39 Å². The second-order valence-corrected chi connectivity index (χ2v) is 6.03. The van der Waals surface area contributed by atoms with Crippen LogP contribution in [0.1, 0.15) is 32.3 Å². The molecule has 0 radical (unpaired) electrons. The zero-order chi connectivity index (χ0) is 13.6. The van der Waals surface area contributed by atoms with E-state index in [1.807, 2.05) is 6.07 Å². The van der Waals surface area contributed by atoms with E-state index >= 15 is 0 Å². The Bertz CT molecular complexity index is 380. The topological polar surface area (TPSA) is 12.0 Å². The average Bonchev–Trinajstić information content (AvgIpc) is 2.32. The molecule has 0 saturated carbocycles. The molecule has 1 rings (SSSR count). The maximum absolute atomic E-state index is 13.2. The van der Waals surface area contributed by atoms with Gasteiger partial charge in [0.05, 0.1) is 5.02 Å². The third kappa shape index (κ3) is 5.13. The normalized spacial score (nSPS) is 11.8. The van der Waals surface area contributed by atoms with Crippen molar-refractivity contribution < 1.29 is 4.39 Å². The zero-order valence-corrected chi connectivity index (χ0v) is 12.4. The molecule has 0 aliphatic carbocycles. The van der Waals surface area contributed by atoms with Gasteiger partial charge in [-0.2, -0.15) is 0 Å². The van der Waals surface area contributed by atoms with Crippen LogP contribution in [0.4, 0.5) is 4.39 Å². The summed E-state index contributed by atoms with van der Waals surface area (Å²) in [6.45, 7) is 5.83. The molecular weight excluding hydrogens is 272 g/mol. The minimum Gasteiger partial charge on any atom is -0.312 e. The summed E-state index contributed by atoms with van der Waals surface area (Å²) in [6.07, 6.45) is 2.08. The lowest BCUT2D eigenvalue weighted by Crippen LogP contribution is -2.29. The minimum atomic E-state index is -0.364. The van der Waals surface area contributed by atoms with Crippen molar-refractivity contribution in [2.45, 2.75) is 33.2 Å². The highest BCUT2D eigenvalue weighted by molar-refractivity contribution is 6.31. The molecule has 0 unspecified atom stereocenters. The predicted octanol–water partition coefficient (Wildman–Crippen LogP) is 4.61. The molecule has 1 nitrogen and oxygen atoms in total. The summed E-state index contributed by atoms with van der Waals surface area (Å²) in [4.78, 5) is 0. The van der Waals surface area contributed by atoms with E-state index in [2.05, 4.69) is 19.2 Å². The van der Waals surface area contributed by atoms with Gasteiger partial charge >= 0.3 is 0 Å². The van der Waals surface area contributed by atoms with E-state index in [1.165, 1.54) is 6.07 Å². The van der Waals surface area contributed by atoms with Crippen molar-refractivity contribution in [3.05, 3.63) is 34.6 Å². The van der Waals surface area contributed by atoms with Gasteiger partial charge in [0.1, 0.15) is 5.82 Å². The van der Waals surface area contributed by atoms with Crippen LogP contribution in [0, 0.1) is 11.2 Å². The number of nitrogens with one attached hydrogen (secondary N) is 1. The van der Waals surface area contributed by atoms with Crippen molar-refractivity contribution >= 4 is 23.2 Å². The summed E-state index contributed by atoms with van der Waals surface area (Å²) < 4.78 is 13.2. The summed E-state index contributed by atoms with van der Waals surface area (Å²) in [5.41, 5.74) is 0.985. The van der Waals surface area contributed by atoms with Crippen LogP contribution in [0.15, 0.2) is 18.2 Å². The Hall–Kier alpha value is -0.310. The fourth-order valence-corrected chi connectivity index (χ4v) is 2.18. The highest BCUT2D eigenvalue weighted by Crippen LogP contribution is 2.23. The maximum Gasteiger partial charge on any atom is 0.142 e. The number of benzene rings is 1. The second-order valence-electron chi connectivity index (χ2n) is 5.27. The molecule has 0 aliphatic heterocycles. The lowest BCUT2D eigenvalue weighted by Gasteiger charge is -2.24. The summed E-state index contributed by atoms with van der Waals surface area (Å²) in [5.74, 6) is 0.330. The highest BCUT2D eigenvalue weighted by Gasteiger charge is 2.16. The lowest BCUT2D eigenvalue weighted by atomic mass is 9.88. The van der Waals surface area contributed by atoms with Crippen LogP contribution in [0.2, 0.25) is 5.02 Å². The largest absolute Gasteiger partial charge is 0.312 e. The van der Waals surface area contributed by atoms with Crippen LogP contribution >= 0.6 is 23.2 Å². The molecule has 1 aromatic rings. The molecule has 0 aliphatic rings. The van der Waals surface area contributed by atoms with E-state index in [0.717, 1.165) is 24.9 Å². The van der Waals surface area contributed by atoms with Crippen LogP contribution < -0.4 is 5.32 Å². The Kier molecular flexibility index (Phi) is 6.40. The maximum atomic E-state index is 13.2. The molecule has 0 aromatic heterocycles. The van der Waals surface area contributed by atoms with Gasteiger partial charge in [-0.3, -0.25) is 0 Å². The number of alkyl halides is 1. The fraction of sp³-hybridized carbons (Fsp3) is 0.571. The molecule has 18 heavy (non-hydrogen) atoms. The lowest BCUT2D eigenvalue weighted by molar-refractivity contribution is 0.311. The number of rotatable bonds is 7. The van der Waals surface area contributed by atoms with Crippen molar-refractivity contribution in [2.75, 3.05) is 12.4 Å². The van der Waals surface area contributed by atoms with Crippen molar-refractivity contribution in [1.29, 1.82) is 0 Å². The van der Waals surface area contributed by atoms with Crippen molar-refractivity contribution in [3.8, 4) is 0 Å². The molecule has 0 atom stereocenters. The van der Waals surface area contributed by atoms with Crippen molar-refractivity contribution in [2.24, 2.45) is 5.41 Å². The van der Waals surface area contributed by atoms with Crippen LogP contribution in [0.5, 0.6) is 0 Å². The van der Waals surface area contributed by atoms with Crippen LogP contribution in [0.25, 0.3) is 0 Å². The molecule has 1 aromatic carbocycles. The molecule has 4 heteroatoms. The van der Waals surface area contributed by atoms with Gasteiger partial charge in [-0.25, -0.2) is 4.39 Å². The first-order chi connectivity index (χ1) is 8.46. The quantitative estimate of drug-likeness (QED) is 0.723. The molecule has 0 heterocycles. The average molecular weight is 292 g/mol. The fourth-order valence-electron chi connectivity index (χ4n) is 1.85. The van der Waals surface area contributed by atoms with E-state index in [0.29, 0.717) is 12.4 Å². The Morgan fingerprint density at radius 3 is 2.72 bits per heavy atom. The van der Waals surface area contributed by atoms with E-state index in [4.69, 9.17) is 23.2 Å². The SMILES string of the molecule is CC(C)(CCCCl)CNCc1cccc(F)c1Cl. The van der Waals surface area contributed by atoms with Gasteiger partial charge in [0.25, 0.3) is 0 Å². The third-order valence-corrected chi connectivity index (χ3v) is 3.63. The minimum absolute atomic E-state index is 0.189. The van der Waals surface area contributed by atoms with Gasteiger partial charge in [-0.1, -0.05) is 37.6 Å². The summed E-state index contributed by atoms with van der Waals surface area (Å²) in [5, 5.41) is 3.54. The van der Waals surface area contributed by atoms with E-state index < -0.39 is 0 Å². The van der Waals surface area contributed by atoms with Gasteiger partial charge in [0, 0.05) is 19.0 Å². The number of hydrogen-bond acceptors (Lipinski definition) is 1. The van der Waals surface area contributed by atoms with Gasteiger partial charge in [0.2, 0.25) is 0 Å². The zero-order valence-electron chi connectivity index (χ0n) is 10.9. The molecule has 0 spiro atoms. The highest BCUT2D eigenvalue weighted by atomic mass is 35.5. The summed E-state index contributed by atoms with van der Waals surface area (Å²) in [7, 11) is 0. The first-order valence-corrected chi connectivity index (χ1v) is 7.07. The smallest absolute Gasteiger partial charge is 0.142 e. The van der Waals surface area contributed by atoms with Gasteiger partial charge < -0.3 is 5.32 Å². The Morgan fingerprint density at radius 2 is 2.06 bits per heavy atom. The van der Waals surface area contributed by atoms with Crippen LogP contribution in [-0.2, 0) is 6.54 Å². The molecule has 102 valence electrons. The molecular formula is C14H20Cl2FN. The first kappa shape index (κ1) is 15.7. The molecule has 0 fully saturated rings. The number of halogens is 3. The Morgan fingerprint density at radius 1 is 1.33 bits per heavy atom. The number of hydrogen-bond donors (Lipinski definition) is 1. The van der Waals surface area contributed by atoms with E-state index in [1.54, 1.807) is 6.07 Å². The molecule has 0 saturated heterocycles. The van der Waals surface area contributed by atoms with Gasteiger partial charge in [-0.15, -0.1) is 11.6 Å². The van der Waals surface area contributed by atoms with E-state index in [-0.39, 0.29) is 16.3 Å². The van der Waals surface area contributed by atoms with Crippen LogP contribution in [0.3, 0.4) is 0 Å². The predicted molar refractivity (Wildman–Crippen MR) is 76.9 cm³/mol. The first-order valence-electron chi connectivity index (χ1n) is 6.16. The van der Waals surface area contributed by atoms with Gasteiger partial charge in [0.15, 0.2) is 0 Å². The van der Waals surface area contributed by atoms with Crippen molar-refractivity contribution in [3.63, 3.8) is 0 Å². The third-order valence-electron chi connectivity index (χ3n) is 2.94.